The summed E-state index contributed by atoms with van der Waals surface area (Å²) in [6.45, 7) is 0. The summed E-state index contributed by atoms with van der Waals surface area (Å²) in [6, 6.07) is 11.2. The van der Waals surface area contributed by atoms with E-state index in [4.69, 9.17) is 9.47 Å². The first-order valence-electron chi connectivity index (χ1n) is 8.66. The maximum atomic E-state index is 12.5. The molecule has 0 unspecified atom stereocenters. The summed E-state index contributed by atoms with van der Waals surface area (Å²) in [5, 5.41) is 11.3. The second kappa shape index (κ2) is 9.54. The van der Waals surface area contributed by atoms with Crippen LogP contribution in [0.2, 0.25) is 0 Å². The molecule has 3 aromatic rings. The molecule has 158 valence electrons. The Labute approximate surface area is 186 Å². The van der Waals surface area contributed by atoms with E-state index in [0.29, 0.717) is 22.1 Å². The number of benzene rings is 2. The van der Waals surface area contributed by atoms with Crippen molar-refractivity contribution in [3.63, 3.8) is 0 Å². The number of nitrogens with zero attached hydrogens (tertiary/aromatic N) is 2. The zero-order valence-corrected chi connectivity index (χ0v) is 19.3. The molecule has 3 rings (SSSR count). The topological polar surface area (TPSA) is 107 Å². The van der Waals surface area contributed by atoms with Crippen molar-refractivity contribution in [2.45, 2.75) is 11.3 Å². The first kappa shape index (κ1) is 22.2. The molecule has 1 N–H and O–H groups in total. The fourth-order valence-corrected chi connectivity index (χ4v) is 4.91. The predicted octanol–water partition coefficient (Wildman–Crippen LogP) is 3.59. The molecular weight excluding hydrogens is 494 g/mol. The first-order chi connectivity index (χ1) is 14.3. The number of nitrogens with one attached hydrogen (secondary N) is 1. The molecule has 0 atom stereocenters. The first-order valence-corrected chi connectivity index (χ1v) is 11.9. The number of methoxy groups -OCH3 is 2. The van der Waals surface area contributed by atoms with Gasteiger partial charge in [-0.2, -0.15) is 0 Å². The van der Waals surface area contributed by atoms with Crippen LogP contribution in [0.25, 0.3) is 0 Å². The van der Waals surface area contributed by atoms with Crippen LogP contribution in [0.1, 0.15) is 15.4 Å². The molecule has 1 aromatic heterocycles. The molecule has 0 aliphatic heterocycles. The van der Waals surface area contributed by atoms with Gasteiger partial charge in [-0.15, -0.1) is 10.2 Å². The number of hydrogen-bond donors (Lipinski definition) is 1. The minimum atomic E-state index is -3.44. The third kappa shape index (κ3) is 5.35. The summed E-state index contributed by atoms with van der Waals surface area (Å²) in [7, 11) is -0.445. The summed E-state index contributed by atoms with van der Waals surface area (Å²) >= 11 is 4.41. The van der Waals surface area contributed by atoms with Crippen LogP contribution in [0.5, 0.6) is 11.5 Å². The van der Waals surface area contributed by atoms with E-state index < -0.39 is 9.84 Å². The number of hydrogen-bond acceptors (Lipinski definition) is 8. The van der Waals surface area contributed by atoms with Crippen LogP contribution in [0.15, 0.2) is 51.8 Å². The second-order valence-electron chi connectivity index (χ2n) is 6.05. The van der Waals surface area contributed by atoms with Gasteiger partial charge in [-0.25, -0.2) is 8.42 Å². The molecule has 0 aliphatic carbocycles. The lowest BCUT2D eigenvalue weighted by molar-refractivity contribution is 0.102. The van der Waals surface area contributed by atoms with Gasteiger partial charge >= 0.3 is 0 Å². The number of carbonyl (C=O) groups is 1. The van der Waals surface area contributed by atoms with Crippen molar-refractivity contribution in [1.82, 2.24) is 10.2 Å². The van der Waals surface area contributed by atoms with Crippen molar-refractivity contribution in [1.29, 1.82) is 0 Å². The van der Waals surface area contributed by atoms with Gasteiger partial charge in [0.15, 0.2) is 21.3 Å². The van der Waals surface area contributed by atoms with E-state index in [-0.39, 0.29) is 28.1 Å². The van der Waals surface area contributed by atoms with E-state index in [1.807, 2.05) is 0 Å². The standard InChI is InChI=1S/C19H18BrN3O5S2/c1-27-15-8-3-12(11-16(15)28-2)18(24)21-19-23-22-17(29-19)9-10-30(25,26)14-6-4-13(20)5-7-14/h3-8,11H,9-10H2,1-2H3,(H,21,23,24). The van der Waals surface area contributed by atoms with E-state index in [1.54, 1.807) is 42.5 Å². The maximum Gasteiger partial charge on any atom is 0.257 e. The largest absolute Gasteiger partial charge is 0.493 e. The number of amides is 1. The van der Waals surface area contributed by atoms with Crippen LogP contribution in [0.3, 0.4) is 0 Å². The molecule has 0 spiro atoms. The highest BCUT2D eigenvalue weighted by Crippen LogP contribution is 2.28. The Morgan fingerprint density at radius 1 is 1.07 bits per heavy atom. The summed E-state index contributed by atoms with van der Waals surface area (Å²) in [6.07, 6.45) is 0.197. The van der Waals surface area contributed by atoms with Gasteiger partial charge in [-0.05, 0) is 42.5 Å². The molecule has 0 saturated carbocycles. The van der Waals surface area contributed by atoms with Crippen LogP contribution in [0, 0.1) is 0 Å². The van der Waals surface area contributed by atoms with Crippen molar-refractivity contribution < 1.29 is 22.7 Å². The molecule has 2 aromatic carbocycles. The minimum absolute atomic E-state index is 0.104. The second-order valence-corrected chi connectivity index (χ2v) is 10.1. The molecular formula is C19H18BrN3O5S2. The van der Waals surface area contributed by atoms with E-state index in [0.717, 1.165) is 15.8 Å². The molecule has 0 fully saturated rings. The average molecular weight is 512 g/mol. The molecule has 0 aliphatic rings. The highest BCUT2D eigenvalue weighted by Gasteiger charge is 2.17. The molecule has 0 radical (unpaired) electrons. The Balaban J connectivity index is 1.63. The van der Waals surface area contributed by atoms with Crippen LogP contribution >= 0.6 is 27.3 Å². The van der Waals surface area contributed by atoms with E-state index in [9.17, 15) is 13.2 Å². The Kier molecular flexibility index (Phi) is 7.06. The van der Waals surface area contributed by atoms with Gasteiger partial charge < -0.3 is 9.47 Å². The monoisotopic (exact) mass is 511 g/mol. The third-order valence-electron chi connectivity index (χ3n) is 4.09. The zero-order chi connectivity index (χ0) is 21.7. The summed E-state index contributed by atoms with van der Waals surface area (Å²) in [4.78, 5) is 12.7. The van der Waals surface area contributed by atoms with Gasteiger partial charge in [0.1, 0.15) is 5.01 Å². The highest BCUT2D eigenvalue weighted by molar-refractivity contribution is 9.10. The van der Waals surface area contributed by atoms with Crippen molar-refractivity contribution >= 4 is 48.1 Å². The molecule has 0 saturated heterocycles. The number of sulfone groups is 1. The summed E-state index contributed by atoms with van der Waals surface area (Å²) in [5.74, 6) is 0.453. The molecule has 1 amide bonds. The number of aromatic nitrogens is 2. The fourth-order valence-electron chi connectivity index (χ4n) is 2.53. The van der Waals surface area contributed by atoms with Crippen molar-refractivity contribution in [2.24, 2.45) is 0 Å². The summed E-state index contributed by atoms with van der Waals surface area (Å²) in [5.41, 5.74) is 0.363. The lowest BCUT2D eigenvalue weighted by atomic mass is 10.2. The van der Waals surface area contributed by atoms with E-state index >= 15 is 0 Å². The lowest BCUT2D eigenvalue weighted by Crippen LogP contribution is -2.12. The Morgan fingerprint density at radius 3 is 2.43 bits per heavy atom. The maximum absolute atomic E-state index is 12.5. The number of halogens is 1. The molecule has 0 bridgehead atoms. The van der Waals surface area contributed by atoms with Crippen molar-refractivity contribution in [3.05, 3.63) is 57.5 Å². The van der Waals surface area contributed by atoms with Crippen LogP contribution in [-0.4, -0.2) is 44.5 Å². The van der Waals surface area contributed by atoms with Crippen LogP contribution in [-0.2, 0) is 16.3 Å². The van der Waals surface area contributed by atoms with Crippen molar-refractivity contribution in [3.8, 4) is 11.5 Å². The Hall–Kier alpha value is -2.50. The quantitative estimate of drug-likeness (QED) is 0.492. The van der Waals surface area contributed by atoms with E-state index in [2.05, 4.69) is 31.4 Å². The average Bonchev–Trinajstić information content (AvgIpc) is 3.19. The number of carbonyl (C=O) groups excluding carboxylic acids is 1. The number of ether oxygens (including phenoxy) is 2. The Morgan fingerprint density at radius 2 is 1.77 bits per heavy atom. The highest BCUT2D eigenvalue weighted by atomic mass is 79.9. The molecule has 8 nitrogen and oxygen atoms in total. The minimum Gasteiger partial charge on any atom is -0.493 e. The number of anilines is 1. The number of aryl methyl sites for hydroxylation is 1. The van der Waals surface area contributed by atoms with E-state index in [1.165, 1.54) is 14.2 Å². The Bertz CT molecular complexity index is 1150. The SMILES string of the molecule is COc1ccc(C(=O)Nc2nnc(CCS(=O)(=O)c3ccc(Br)cc3)s2)cc1OC. The summed E-state index contributed by atoms with van der Waals surface area (Å²) < 4.78 is 36.1. The molecule has 1 heterocycles. The van der Waals surface area contributed by atoms with Crippen LogP contribution < -0.4 is 14.8 Å². The lowest BCUT2D eigenvalue weighted by Gasteiger charge is -2.08. The van der Waals surface area contributed by atoms with Crippen LogP contribution in [0.4, 0.5) is 5.13 Å². The zero-order valence-electron chi connectivity index (χ0n) is 16.1. The number of rotatable bonds is 8. The fraction of sp³-hybridized carbons (Fsp3) is 0.211. The molecule has 30 heavy (non-hydrogen) atoms. The van der Waals surface area contributed by atoms with Gasteiger partial charge in [0.2, 0.25) is 5.13 Å². The van der Waals surface area contributed by atoms with Gasteiger partial charge in [-0.3, -0.25) is 10.1 Å². The van der Waals surface area contributed by atoms with Gasteiger partial charge in [-0.1, -0.05) is 27.3 Å². The normalized spacial score (nSPS) is 11.2. The van der Waals surface area contributed by atoms with Gasteiger partial charge in [0.05, 0.1) is 24.9 Å². The van der Waals surface area contributed by atoms with Crippen molar-refractivity contribution in [2.75, 3.05) is 25.3 Å². The predicted molar refractivity (Wildman–Crippen MR) is 117 cm³/mol. The van der Waals surface area contributed by atoms with Gasteiger partial charge in [0.25, 0.3) is 5.91 Å². The van der Waals surface area contributed by atoms with Gasteiger partial charge in [0, 0.05) is 16.5 Å². The third-order valence-corrected chi connectivity index (χ3v) is 7.25. The molecule has 11 heteroatoms. The smallest absolute Gasteiger partial charge is 0.257 e.